The van der Waals surface area contributed by atoms with Gasteiger partial charge in [0, 0.05) is 18.9 Å². The molecule has 0 spiro atoms. The van der Waals surface area contributed by atoms with Crippen LogP contribution in [-0.4, -0.2) is 44.9 Å². The van der Waals surface area contributed by atoms with Gasteiger partial charge < -0.3 is 14.2 Å². The molecule has 0 aromatic heterocycles. The summed E-state index contributed by atoms with van der Waals surface area (Å²) in [5.74, 6) is 0.630. The maximum absolute atomic E-state index is 11.4. The van der Waals surface area contributed by atoms with Gasteiger partial charge in [0.15, 0.2) is 0 Å². The summed E-state index contributed by atoms with van der Waals surface area (Å²) in [4.78, 5) is 11.4. The van der Waals surface area contributed by atoms with Crippen LogP contribution in [0.15, 0.2) is 0 Å². The van der Waals surface area contributed by atoms with Crippen LogP contribution in [0.4, 0.5) is 0 Å². The monoisotopic (exact) mass is 336 g/mol. The van der Waals surface area contributed by atoms with Gasteiger partial charge in [0.1, 0.15) is 6.61 Å². The van der Waals surface area contributed by atoms with Crippen LogP contribution in [0.3, 0.4) is 0 Å². The van der Waals surface area contributed by atoms with Crippen molar-refractivity contribution in [3.8, 4) is 0 Å². The first-order chi connectivity index (χ1) is 10.8. The minimum atomic E-state index is -0.118. The molecular weight excluding hydrogens is 304 g/mol. The Hall–Kier alpha value is -0.320. The number of halogens is 1. The van der Waals surface area contributed by atoms with E-state index in [0.29, 0.717) is 32.8 Å². The van der Waals surface area contributed by atoms with Crippen molar-refractivity contribution in [2.75, 3.05) is 38.9 Å². The molecule has 0 saturated carbocycles. The number of hydrogen-bond acceptors (Lipinski definition) is 4. The minimum absolute atomic E-state index is 0.118. The van der Waals surface area contributed by atoms with Crippen molar-refractivity contribution >= 4 is 17.6 Å². The lowest BCUT2D eigenvalue weighted by Gasteiger charge is -2.07. The lowest BCUT2D eigenvalue weighted by molar-refractivity contribution is -0.145. The molecule has 5 heteroatoms. The zero-order chi connectivity index (χ0) is 16.3. The fraction of sp³-hybridized carbons (Fsp3) is 0.941. The van der Waals surface area contributed by atoms with E-state index in [1.807, 2.05) is 0 Å². The number of esters is 1. The summed E-state index contributed by atoms with van der Waals surface area (Å²) < 4.78 is 15.9. The normalized spacial score (nSPS) is 10.8. The predicted molar refractivity (Wildman–Crippen MR) is 90.5 cm³/mol. The molecule has 0 radical (unpaired) electrons. The van der Waals surface area contributed by atoms with Gasteiger partial charge in [0.2, 0.25) is 0 Å². The summed E-state index contributed by atoms with van der Waals surface area (Å²) in [6, 6.07) is 0. The van der Waals surface area contributed by atoms with E-state index in [1.54, 1.807) is 0 Å². The Morgan fingerprint density at radius 1 is 0.773 bits per heavy atom. The van der Waals surface area contributed by atoms with Gasteiger partial charge in [-0.3, -0.25) is 4.79 Å². The summed E-state index contributed by atoms with van der Waals surface area (Å²) in [5.41, 5.74) is 0. The number of carbonyl (C=O) groups excluding carboxylic acids is 1. The van der Waals surface area contributed by atoms with Crippen LogP contribution < -0.4 is 0 Å². The second-order valence-electron chi connectivity index (χ2n) is 5.36. The second kappa shape index (κ2) is 18.7. The zero-order valence-corrected chi connectivity index (χ0v) is 14.9. The number of carbonyl (C=O) groups is 1. The Bertz CT molecular complexity index is 237. The standard InChI is InChI=1S/C17H33ClO4/c1-2-3-4-7-10-17(19)22-16-15-21-14-13-20-12-9-6-5-8-11-18/h2-16H2,1H3. The molecule has 0 bridgehead atoms. The fourth-order valence-electron chi connectivity index (χ4n) is 1.96. The van der Waals surface area contributed by atoms with Crippen molar-refractivity contribution < 1.29 is 19.0 Å². The van der Waals surface area contributed by atoms with E-state index < -0.39 is 0 Å². The highest BCUT2D eigenvalue weighted by atomic mass is 35.5. The highest BCUT2D eigenvalue weighted by molar-refractivity contribution is 6.17. The van der Waals surface area contributed by atoms with E-state index in [9.17, 15) is 4.79 Å². The number of alkyl halides is 1. The van der Waals surface area contributed by atoms with E-state index in [-0.39, 0.29) is 5.97 Å². The molecule has 0 aliphatic carbocycles. The molecule has 0 rings (SSSR count). The number of ether oxygens (including phenoxy) is 3. The summed E-state index contributed by atoms with van der Waals surface area (Å²) >= 11 is 5.60. The van der Waals surface area contributed by atoms with Crippen LogP contribution in [0.2, 0.25) is 0 Å². The Morgan fingerprint density at radius 2 is 1.41 bits per heavy atom. The molecule has 0 N–H and O–H groups in total. The minimum Gasteiger partial charge on any atom is -0.463 e. The molecule has 0 saturated heterocycles. The summed E-state index contributed by atoms with van der Waals surface area (Å²) in [6.07, 6.45) is 9.41. The quantitative estimate of drug-likeness (QED) is 0.225. The summed E-state index contributed by atoms with van der Waals surface area (Å²) in [5, 5.41) is 0. The first kappa shape index (κ1) is 21.7. The van der Waals surface area contributed by atoms with E-state index >= 15 is 0 Å². The number of rotatable bonds is 17. The van der Waals surface area contributed by atoms with Crippen LogP contribution in [0.5, 0.6) is 0 Å². The molecule has 0 heterocycles. The van der Waals surface area contributed by atoms with Crippen molar-refractivity contribution in [1.82, 2.24) is 0 Å². The van der Waals surface area contributed by atoms with Crippen LogP contribution in [0, 0.1) is 0 Å². The Morgan fingerprint density at radius 3 is 2.14 bits per heavy atom. The molecule has 22 heavy (non-hydrogen) atoms. The zero-order valence-electron chi connectivity index (χ0n) is 14.1. The number of unbranched alkanes of at least 4 members (excludes halogenated alkanes) is 6. The fourth-order valence-corrected chi connectivity index (χ4v) is 2.15. The Labute approximate surface area is 140 Å². The smallest absolute Gasteiger partial charge is 0.305 e. The van der Waals surface area contributed by atoms with Gasteiger partial charge in [0.05, 0.1) is 19.8 Å². The van der Waals surface area contributed by atoms with Crippen molar-refractivity contribution in [1.29, 1.82) is 0 Å². The average Bonchev–Trinajstić information content (AvgIpc) is 2.52. The molecular formula is C17H33ClO4. The molecule has 0 unspecified atom stereocenters. The van der Waals surface area contributed by atoms with Gasteiger partial charge in [-0.25, -0.2) is 0 Å². The third-order valence-electron chi connectivity index (χ3n) is 3.27. The molecule has 0 aliphatic rings. The van der Waals surface area contributed by atoms with Crippen LogP contribution in [-0.2, 0) is 19.0 Å². The lowest BCUT2D eigenvalue weighted by atomic mass is 10.2. The van der Waals surface area contributed by atoms with Crippen LogP contribution >= 0.6 is 11.6 Å². The third kappa shape index (κ3) is 17.7. The molecule has 0 fully saturated rings. The summed E-state index contributed by atoms with van der Waals surface area (Å²) in [6.45, 7) is 4.86. The van der Waals surface area contributed by atoms with E-state index in [1.165, 1.54) is 25.7 Å². The Kier molecular flexibility index (Phi) is 18.5. The maximum atomic E-state index is 11.4. The average molecular weight is 337 g/mol. The maximum Gasteiger partial charge on any atom is 0.305 e. The molecule has 0 aromatic carbocycles. The molecule has 0 atom stereocenters. The molecule has 0 aromatic rings. The third-order valence-corrected chi connectivity index (χ3v) is 3.54. The predicted octanol–water partition coefficient (Wildman–Crippen LogP) is 4.33. The van der Waals surface area contributed by atoms with Gasteiger partial charge in [-0.05, 0) is 19.3 Å². The first-order valence-electron chi connectivity index (χ1n) is 8.68. The van der Waals surface area contributed by atoms with E-state index in [4.69, 9.17) is 25.8 Å². The topological polar surface area (TPSA) is 44.8 Å². The van der Waals surface area contributed by atoms with E-state index in [0.717, 1.165) is 38.2 Å². The second-order valence-corrected chi connectivity index (χ2v) is 5.74. The molecule has 0 aliphatic heterocycles. The highest BCUT2D eigenvalue weighted by Crippen LogP contribution is 2.03. The highest BCUT2D eigenvalue weighted by Gasteiger charge is 2.02. The van der Waals surface area contributed by atoms with Crippen molar-refractivity contribution in [2.24, 2.45) is 0 Å². The van der Waals surface area contributed by atoms with Crippen molar-refractivity contribution in [3.05, 3.63) is 0 Å². The van der Waals surface area contributed by atoms with Gasteiger partial charge in [-0.1, -0.05) is 39.0 Å². The van der Waals surface area contributed by atoms with Crippen molar-refractivity contribution in [3.63, 3.8) is 0 Å². The van der Waals surface area contributed by atoms with Crippen LogP contribution in [0.25, 0.3) is 0 Å². The largest absolute Gasteiger partial charge is 0.463 e. The van der Waals surface area contributed by atoms with Gasteiger partial charge in [-0.2, -0.15) is 0 Å². The van der Waals surface area contributed by atoms with E-state index in [2.05, 4.69) is 6.92 Å². The summed E-state index contributed by atoms with van der Waals surface area (Å²) in [7, 11) is 0. The lowest BCUT2D eigenvalue weighted by Crippen LogP contribution is -2.13. The molecule has 132 valence electrons. The van der Waals surface area contributed by atoms with Crippen LogP contribution in [0.1, 0.15) is 64.7 Å². The molecule has 0 amide bonds. The Balaban J connectivity index is 3.08. The van der Waals surface area contributed by atoms with Crippen molar-refractivity contribution in [2.45, 2.75) is 64.7 Å². The van der Waals surface area contributed by atoms with Gasteiger partial charge in [0.25, 0.3) is 0 Å². The van der Waals surface area contributed by atoms with Gasteiger partial charge >= 0.3 is 5.97 Å². The molecule has 4 nitrogen and oxygen atoms in total. The first-order valence-corrected chi connectivity index (χ1v) is 9.21. The van der Waals surface area contributed by atoms with Gasteiger partial charge in [-0.15, -0.1) is 11.6 Å². The SMILES string of the molecule is CCCCCCC(=O)OCCOCCOCCCCCCCl. The number of hydrogen-bond donors (Lipinski definition) is 0.